The molecule has 2 amide bonds. The number of carbonyl (C=O) groups excluding carboxylic acids is 2. The molecule has 0 bridgehead atoms. The first kappa shape index (κ1) is 18.5. The highest BCUT2D eigenvalue weighted by atomic mass is 16.5. The smallest absolute Gasteiger partial charge is 0.338 e. The summed E-state index contributed by atoms with van der Waals surface area (Å²) in [5, 5.41) is 5.45. The van der Waals surface area contributed by atoms with E-state index in [2.05, 4.69) is 10.6 Å². The van der Waals surface area contributed by atoms with Crippen LogP contribution in [-0.4, -0.2) is 19.1 Å². The van der Waals surface area contributed by atoms with Gasteiger partial charge in [0.2, 0.25) is 0 Å². The third-order valence-electron chi connectivity index (χ3n) is 4.43. The highest BCUT2D eigenvalue weighted by Crippen LogP contribution is 2.28. The fourth-order valence-corrected chi connectivity index (χ4v) is 2.92. The molecule has 140 valence electrons. The number of esters is 1. The lowest BCUT2D eigenvalue weighted by Gasteiger charge is -2.28. The van der Waals surface area contributed by atoms with E-state index in [4.69, 9.17) is 9.47 Å². The van der Waals surface area contributed by atoms with Gasteiger partial charge in [-0.3, -0.25) is 0 Å². The van der Waals surface area contributed by atoms with Crippen molar-refractivity contribution in [3.8, 4) is 5.75 Å². The predicted molar refractivity (Wildman–Crippen MR) is 101 cm³/mol. The molecule has 3 rings (SSSR count). The largest absolute Gasteiger partial charge is 0.497 e. The minimum Gasteiger partial charge on any atom is -0.497 e. The lowest BCUT2D eigenvalue weighted by molar-refractivity contribution is -0.140. The van der Waals surface area contributed by atoms with Crippen LogP contribution in [0.3, 0.4) is 0 Å². The molecule has 0 saturated heterocycles. The van der Waals surface area contributed by atoms with Gasteiger partial charge in [0.25, 0.3) is 0 Å². The number of benzene rings is 2. The van der Waals surface area contributed by atoms with Crippen molar-refractivity contribution in [2.75, 3.05) is 7.11 Å². The van der Waals surface area contributed by atoms with Gasteiger partial charge in [0.1, 0.15) is 12.4 Å². The lowest BCUT2D eigenvalue weighted by atomic mass is 9.95. The zero-order chi connectivity index (χ0) is 19.4. The third kappa shape index (κ3) is 4.28. The first-order valence-corrected chi connectivity index (χ1v) is 8.63. The van der Waals surface area contributed by atoms with Crippen molar-refractivity contribution in [2.45, 2.75) is 26.5 Å². The summed E-state index contributed by atoms with van der Waals surface area (Å²) in [5.41, 5.74) is 3.66. The summed E-state index contributed by atoms with van der Waals surface area (Å²) in [5.74, 6) is 0.267. The zero-order valence-electron chi connectivity index (χ0n) is 15.5. The van der Waals surface area contributed by atoms with Gasteiger partial charge in [-0.1, -0.05) is 42.0 Å². The van der Waals surface area contributed by atoms with Gasteiger partial charge in [-0.15, -0.1) is 0 Å². The Morgan fingerprint density at radius 3 is 2.33 bits per heavy atom. The number of amides is 2. The molecule has 0 fully saturated rings. The van der Waals surface area contributed by atoms with E-state index in [1.54, 1.807) is 14.0 Å². The van der Waals surface area contributed by atoms with Crippen LogP contribution in [0.1, 0.15) is 29.7 Å². The van der Waals surface area contributed by atoms with Gasteiger partial charge >= 0.3 is 12.0 Å². The molecule has 0 saturated carbocycles. The number of nitrogens with one attached hydrogen (secondary N) is 2. The molecule has 6 heteroatoms. The molecule has 2 aromatic rings. The minimum absolute atomic E-state index is 0.133. The second-order valence-corrected chi connectivity index (χ2v) is 6.41. The summed E-state index contributed by atoms with van der Waals surface area (Å²) in [6.45, 7) is 3.81. The van der Waals surface area contributed by atoms with Crippen LogP contribution in [0.15, 0.2) is 59.8 Å². The maximum atomic E-state index is 12.8. The number of methoxy groups -OCH3 is 1. The van der Waals surface area contributed by atoms with Crippen molar-refractivity contribution in [1.29, 1.82) is 0 Å². The second kappa shape index (κ2) is 7.95. The molecule has 0 unspecified atom stereocenters. The van der Waals surface area contributed by atoms with Crippen molar-refractivity contribution >= 4 is 12.0 Å². The quantitative estimate of drug-likeness (QED) is 0.796. The van der Waals surface area contributed by atoms with Crippen molar-refractivity contribution in [2.24, 2.45) is 0 Å². The summed E-state index contributed by atoms with van der Waals surface area (Å²) in [4.78, 5) is 24.7. The highest BCUT2D eigenvalue weighted by molar-refractivity contribution is 5.95. The van der Waals surface area contributed by atoms with Gasteiger partial charge in [0, 0.05) is 5.70 Å². The van der Waals surface area contributed by atoms with Crippen molar-refractivity contribution in [3.05, 3.63) is 76.5 Å². The Hall–Kier alpha value is -3.28. The summed E-state index contributed by atoms with van der Waals surface area (Å²) in [6, 6.07) is 14.1. The van der Waals surface area contributed by atoms with Gasteiger partial charge < -0.3 is 20.1 Å². The Labute approximate surface area is 158 Å². The fraction of sp³-hybridized carbons (Fsp3) is 0.238. The average molecular weight is 366 g/mol. The fourth-order valence-electron chi connectivity index (χ4n) is 2.92. The van der Waals surface area contributed by atoms with Gasteiger partial charge in [-0.2, -0.15) is 0 Å². The average Bonchev–Trinajstić information content (AvgIpc) is 2.66. The topological polar surface area (TPSA) is 76.7 Å². The number of aryl methyl sites for hydroxylation is 1. The highest BCUT2D eigenvalue weighted by Gasteiger charge is 2.32. The zero-order valence-corrected chi connectivity index (χ0v) is 15.5. The first-order chi connectivity index (χ1) is 13.0. The molecule has 1 aliphatic rings. The molecule has 0 radical (unpaired) electrons. The van der Waals surface area contributed by atoms with Crippen molar-refractivity contribution < 1.29 is 19.1 Å². The SMILES string of the molecule is COc1ccc(COC(=O)C2=C(C)NC(=O)N[C@H]2c2ccc(C)cc2)cc1. The van der Waals surface area contributed by atoms with Gasteiger partial charge in [0.15, 0.2) is 0 Å². The van der Waals surface area contributed by atoms with E-state index < -0.39 is 12.0 Å². The van der Waals surface area contributed by atoms with Crippen LogP contribution < -0.4 is 15.4 Å². The van der Waals surface area contributed by atoms with E-state index >= 15 is 0 Å². The molecule has 27 heavy (non-hydrogen) atoms. The molecule has 1 atom stereocenters. The number of urea groups is 1. The van der Waals surface area contributed by atoms with Gasteiger partial charge in [0.05, 0.1) is 18.7 Å². The lowest BCUT2D eigenvalue weighted by Crippen LogP contribution is -2.45. The Morgan fingerprint density at radius 1 is 1.04 bits per heavy atom. The van der Waals surface area contributed by atoms with Crippen LogP contribution in [0.4, 0.5) is 4.79 Å². The molecule has 0 spiro atoms. The number of carbonyl (C=O) groups is 2. The summed E-state index contributed by atoms with van der Waals surface area (Å²) in [7, 11) is 1.60. The number of hydrogen-bond acceptors (Lipinski definition) is 4. The Morgan fingerprint density at radius 2 is 1.70 bits per heavy atom. The predicted octanol–water partition coefficient (Wildman–Crippen LogP) is 3.37. The molecular weight excluding hydrogens is 344 g/mol. The monoisotopic (exact) mass is 366 g/mol. The van der Waals surface area contributed by atoms with Crippen LogP contribution in [-0.2, 0) is 16.1 Å². The molecule has 2 N–H and O–H groups in total. The second-order valence-electron chi connectivity index (χ2n) is 6.41. The van der Waals surface area contributed by atoms with Crippen LogP contribution >= 0.6 is 0 Å². The van der Waals surface area contributed by atoms with E-state index in [1.165, 1.54) is 0 Å². The molecule has 2 aromatic carbocycles. The normalized spacial score (nSPS) is 16.4. The van der Waals surface area contributed by atoms with E-state index in [0.717, 1.165) is 22.4 Å². The third-order valence-corrected chi connectivity index (χ3v) is 4.43. The van der Waals surface area contributed by atoms with Gasteiger partial charge in [-0.25, -0.2) is 9.59 Å². The number of allylic oxidation sites excluding steroid dienone is 1. The summed E-state index contributed by atoms with van der Waals surface area (Å²) in [6.07, 6.45) is 0. The molecule has 1 aliphatic heterocycles. The van der Waals surface area contributed by atoms with Crippen LogP contribution in [0.5, 0.6) is 5.75 Å². The first-order valence-electron chi connectivity index (χ1n) is 8.63. The van der Waals surface area contributed by atoms with Crippen LogP contribution in [0.25, 0.3) is 0 Å². The molecule has 0 aliphatic carbocycles. The maximum Gasteiger partial charge on any atom is 0.338 e. The Kier molecular flexibility index (Phi) is 5.45. The molecule has 1 heterocycles. The molecule has 0 aromatic heterocycles. The summed E-state index contributed by atoms with van der Waals surface area (Å²) < 4.78 is 10.6. The van der Waals surface area contributed by atoms with Crippen molar-refractivity contribution in [3.63, 3.8) is 0 Å². The maximum absolute atomic E-state index is 12.8. The van der Waals surface area contributed by atoms with Crippen LogP contribution in [0, 0.1) is 6.92 Å². The number of ether oxygens (including phenoxy) is 2. The van der Waals surface area contributed by atoms with Crippen LogP contribution in [0.2, 0.25) is 0 Å². The molecular formula is C21H22N2O4. The van der Waals surface area contributed by atoms with E-state index in [0.29, 0.717) is 11.3 Å². The number of hydrogen-bond donors (Lipinski definition) is 2. The molecule has 6 nitrogen and oxygen atoms in total. The summed E-state index contributed by atoms with van der Waals surface area (Å²) >= 11 is 0. The van der Waals surface area contributed by atoms with E-state index in [9.17, 15) is 9.59 Å². The van der Waals surface area contributed by atoms with E-state index in [1.807, 2.05) is 55.5 Å². The standard InChI is InChI=1S/C21H22N2O4/c1-13-4-8-16(9-5-13)19-18(14(2)22-21(25)23-19)20(24)27-12-15-6-10-17(26-3)11-7-15/h4-11,19H,12H2,1-3H3,(H2,22,23,25)/t19-/m0/s1. The Bertz CT molecular complexity index is 870. The number of rotatable bonds is 5. The minimum atomic E-state index is -0.553. The van der Waals surface area contributed by atoms with Crippen molar-refractivity contribution in [1.82, 2.24) is 10.6 Å². The van der Waals surface area contributed by atoms with E-state index in [-0.39, 0.29) is 12.6 Å². The Balaban J connectivity index is 1.79. The van der Waals surface area contributed by atoms with Gasteiger partial charge in [-0.05, 0) is 37.1 Å².